The predicted octanol–water partition coefficient (Wildman–Crippen LogP) is 3.31. The Hall–Kier alpha value is -2.71. The molecule has 0 bridgehead atoms. The Bertz CT molecular complexity index is 1010. The molecule has 1 aromatic heterocycles. The van der Waals surface area contributed by atoms with Crippen LogP contribution in [0.1, 0.15) is 25.3 Å². The van der Waals surface area contributed by atoms with Crippen molar-refractivity contribution in [1.82, 2.24) is 14.9 Å². The van der Waals surface area contributed by atoms with E-state index in [0.717, 1.165) is 11.1 Å². The highest BCUT2D eigenvalue weighted by Crippen LogP contribution is 2.22. The first-order valence-electron chi connectivity index (χ1n) is 8.50. The van der Waals surface area contributed by atoms with E-state index in [2.05, 4.69) is 14.9 Å². The molecule has 3 aromatic rings. The van der Waals surface area contributed by atoms with E-state index in [1.165, 1.54) is 12.1 Å². The van der Waals surface area contributed by atoms with Crippen LogP contribution < -0.4 is 9.46 Å². The zero-order chi connectivity index (χ0) is 19.4. The van der Waals surface area contributed by atoms with Crippen LogP contribution in [-0.2, 0) is 16.6 Å². The van der Waals surface area contributed by atoms with Gasteiger partial charge in [-0.2, -0.15) is 0 Å². The van der Waals surface area contributed by atoms with E-state index < -0.39 is 10.0 Å². The van der Waals surface area contributed by atoms with Crippen molar-refractivity contribution in [2.24, 2.45) is 0 Å². The fraction of sp³-hybridized carbons (Fsp3) is 0.263. The van der Waals surface area contributed by atoms with Crippen molar-refractivity contribution in [3.05, 3.63) is 60.0 Å². The maximum Gasteiger partial charge on any atom is 0.248 e. The summed E-state index contributed by atoms with van der Waals surface area (Å²) in [5.41, 5.74) is 1.82. The van der Waals surface area contributed by atoms with Gasteiger partial charge in [0.1, 0.15) is 5.75 Å². The molecular weight excluding hydrogens is 366 g/mol. The highest BCUT2D eigenvalue weighted by atomic mass is 32.2. The lowest BCUT2D eigenvalue weighted by molar-refractivity contribution is 0.242. The highest BCUT2D eigenvalue weighted by molar-refractivity contribution is 7.89. The second kappa shape index (κ2) is 7.89. The van der Waals surface area contributed by atoms with Crippen LogP contribution in [0.5, 0.6) is 5.75 Å². The molecule has 142 valence electrons. The SMILES string of the molecule is Cc1ccccc1-c1nnc(CNS(=O)(=O)c2ccc(OC(C)C)cc2)o1. The minimum Gasteiger partial charge on any atom is -0.491 e. The van der Waals surface area contributed by atoms with E-state index in [1.807, 2.05) is 45.0 Å². The lowest BCUT2D eigenvalue weighted by Crippen LogP contribution is -2.23. The van der Waals surface area contributed by atoms with Gasteiger partial charge in [0, 0.05) is 5.56 Å². The van der Waals surface area contributed by atoms with E-state index in [-0.39, 0.29) is 23.4 Å². The van der Waals surface area contributed by atoms with E-state index in [0.29, 0.717) is 11.6 Å². The predicted molar refractivity (Wildman–Crippen MR) is 101 cm³/mol. The molecule has 27 heavy (non-hydrogen) atoms. The third-order valence-electron chi connectivity index (χ3n) is 3.76. The summed E-state index contributed by atoms with van der Waals surface area (Å²) in [6.07, 6.45) is 0.0190. The smallest absolute Gasteiger partial charge is 0.248 e. The minimum atomic E-state index is -3.70. The van der Waals surface area contributed by atoms with Crippen LogP contribution in [0, 0.1) is 6.92 Å². The van der Waals surface area contributed by atoms with Gasteiger partial charge in [-0.25, -0.2) is 13.1 Å². The van der Waals surface area contributed by atoms with Crippen LogP contribution in [0.25, 0.3) is 11.5 Å². The quantitative estimate of drug-likeness (QED) is 0.668. The molecular formula is C19H21N3O4S. The largest absolute Gasteiger partial charge is 0.491 e. The number of hydrogen-bond acceptors (Lipinski definition) is 6. The van der Waals surface area contributed by atoms with Gasteiger partial charge in [-0.3, -0.25) is 0 Å². The maximum atomic E-state index is 12.4. The van der Waals surface area contributed by atoms with Crippen molar-refractivity contribution in [1.29, 1.82) is 0 Å². The summed E-state index contributed by atoms with van der Waals surface area (Å²) >= 11 is 0. The number of sulfonamides is 1. The van der Waals surface area contributed by atoms with E-state index in [1.54, 1.807) is 12.1 Å². The molecule has 0 saturated carbocycles. The Morgan fingerprint density at radius 2 is 1.78 bits per heavy atom. The molecule has 7 nitrogen and oxygen atoms in total. The molecule has 0 radical (unpaired) electrons. The zero-order valence-electron chi connectivity index (χ0n) is 15.3. The summed E-state index contributed by atoms with van der Waals surface area (Å²) in [4.78, 5) is 0.136. The molecule has 0 unspecified atom stereocenters. The maximum absolute atomic E-state index is 12.4. The normalized spacial score (nSPS) is 11.7. The molecule has 1 heterocycles. The Morgan fingerprint density at radius 1 is 1.07 bits per heavy atom. The monoisotopic (exact) mass is 387 g/mol. The number of benzene rings is 2. The van der Waals surface area contributed by atoms with Crippen molar-refractivity contribution >= 4 is 10.0 Å². The lowest BCUT2D eigenvalue weighted by Gasteiger charge is -2.10. The molecule has 0 spiro atoms. The summed E-state index contributed by atoms with van der Waals surface area (Å²) in [7, 11) is -3.70. The molecule has 8 heteroatoms. The van der Waals surface area contributed by atoms with E-state index in [4.69, 9.17) is 9.15 Å². The molecule has 0 aliphatic carbocycles. The molecule has 3 rings (SSSR count). The number of aryl methyl sites for hydroxylation is 1. The average molecular weight is 387 g/mol. The lowest BCUT2D eigenvalue weighted by atomic mass is 10.1. The van der Waals surface area contributed by atoms with Gasteiger partial charge >= 0.3 is 0 Å². The van der Waals surface area contributed by atoms with Crippen molar-refractivity contribution in [3.8, 4) is 17.2 Å². The van der Waals surface area contributed by atoms with Crippen LogP contribution >= 0.6 is 0 Å². The van der Waals surface area contributed by atoms with E-state index >= 15 is 0 Å². The molecule has 0 atom stereocenters. The number of nitrogens with zero attached hydrogens (tertiary/aromatic N) is 2. The van der Waals surface area contributed by atoms with Gasteiger partial charge < -0.3 is 9.15 Å². The van der Waals surface area contributed by atoms with Crippen molar-refractivity contribution in [2.75, 3.05) is 0 Å². The van der Waals surface area contributed by atoms with Crippen LogP contribution in [0.4, 0.5) is 0 Å². The summed E-state index contributed by atoms with van der Waals surface area (Å²) in [6, 6.07) is 13.8. The highest BCUT2D eigenvalue weighted by Gasteiger charge is 2.17. The Morgan fingerprint density at radius 3 is 2.44 bits per heavy atom. The second-order valence-corrected chi connectivity index (χ2v) is 8.05. The van der Waals surface area contributed by atoms with Crippen LogP contribution in [-0.4, -0.2) is 24.7 Å². The summed E-state index contributed by atoms with van der Waals surface area (Å²) in [5.74, 6) is 1.16. The third kappa shape index (κ3) is 4.72. The van der Waals surface area contributed by atoms with Gasteiger partial charge in [0.05, 0.1) is 17.5 Å². The Kier molecular flexibility index (Phi) is 5.57. The van der Waals surface area contributed by atoms with Crippen molar-refractivity contribution in [3.63, 3.8) is 0 Å². The molecule has 0 fully saturated rings. The summed E-state index contributed by atoms with van der Waals surface area (Å²) in [6.45, 7) is 5.66. The van der Waals surface area contributed by atoms with Gasteiger partial charge in [0.15, 0.2) is 0 Å². The number of ether oxygens (including phenoxy) is 1. The molecule has 0 aliphatic rings. The van der Waals surface area contributed by atoms with Crippen molar-refractivity contribution in [2.45, 2.75) is 38.3 Å². The van der Waals surface area contributed by atoms with Crippen LogP contribution in [0.2, 0.25) is 0 Å². The molecule has 1 N–H and O–H groups in total. The number of hydrogen-bond donors (Lipinski definition) is 1. The first-order valence-corrected chi connectivity index (χ1v) is 9.98. The van der Waals surface area contributed by atoms with E-state index in [9.17, 15) is 8.42 Å². The summed E-state index contributed by atoms with van der Waals surface area (Å²) in [5, 5.41) is 7.91. The van der Waals surface area contributed by atoms with Gasteiger partial charge in [-0.05, 0) is 56.7 Å². The van der Waals surface area contributed by atoms with Gasteiger partial charge in [0.25, 0.3) is 0 Å². The molecule has 0 amide bonds. The fourth-order valence-electron chi connectivity index (χ4n) is 2.46. The second-order valence-electron chi connectivity index (χ2n) is 6.28. The number of rotatable bonds is 7. The van der Waals surface area contributed by atoms with Crippen LogP contribution in [0.15, 0.2) is 57.8 Å². The zero-order valence-corrected chi connectivity index (χ0v) is 16.2. The van der Waals surface area contributed by atoms with Crippen LogP contribution in [0.3, 0.4) is 0 Å². The third-order valence-corrected chi connectivity index (χ3v) is 5.18. The summed E-state index contributed by atoms with van der Waals surface area (Å²) < 4.78 is 38.4. The number of aromatic nitrogens is 2. The molecule has 0 saturated heterocycles. The molecule has 2 aromatic carbocycles. The topological polar surface area (TPSA) is 94.3 Å². The Balaban J connectivity index is 1.68. The standard InChI is InChI=1S/C19H21N3O4S/c1-13(2)25-15-8-10-16(11-9-15)27(23,24)20-12-18-21-22-19(26-18)17-7-5-4-6-14(17)3/h4-11,13,20H,12H2,1-3H3. The average Bonchev–Trinajstić information content (AvgIpc) is 3.09. The first kappa shape index (κ1) is 19.1. The number of nitrogens with one attached hydrogen (secondary N) is 1. The minimum absolute atomic E-state index is 0.0190. The van der Waals surface area contributed by atoms with Gasteiger partial charge in [-0.1, -0.05) is 18.2 Å². The Labute approximate surface area is 158 Å². The van der Waals surface area contributed by atoms with Gasteiger partial charge in [-0.15, -0.1) is 10.2 Å². The first-order chi connectivity index (χ1) is 12.8. The fourth-order valence-corrected chi connectivity index (χ4v) is 3.43. The molecule has 0 aliphatic heterocycles. The van der Waals surface area contributed by atoms with Gasteiger partial charge in [0.2, 0.25) is 21.8 Å². The van der Waals surface area contributed by atoms with Crippen molar-refractivity contribution < 1.29 is 17.6 Å².